The molecule has 2 N–H and O–H groups in total. The highest BCUT2D eigenvalue weighted by Gasteiger charge is 2.22. The molecule has 7 nitrogen and oxygen atoms in total. The van der Waals surface area contributed by atoms with Crippen molar-refractivity contribution in [1.82, 2.24) is 20.2 Å². The van der Waals surface area contributed by atoms with Gasteiger partial charge in [-0.1, -0.05) is 31.7 Å². The van der Waals surface area contributed by atoms with E-state index in [0.717, 1.165) is 47.8 Å². The Balaban J connectivity index is 1.79. The fourth-order valence-corrected chi connectivity index (χ4v) is 5.37. The van der Waals surface area contributed by atoms with Crippen LogP contribution < -0.4 is 16.2 Å². The number of imide groups is 1. The third kappa shape index (κ3) is 5.08. The molecular weight excluding hydrogens is 408 g/mol. The van der Waals surface area contributed by atoms with E-state index in [2.05, 4.69) is 22.2 Å². The number of thioether (sulfide) groups is 1. The van der Waals surface area contributed by atoms with Crippen molar-refractivity contribution >= 4 is 45.3 Å². The van der Waals surface area contributed by atoms with Crippen molar-refractivity contribution in [2.24, 2.45) is 5.92 Å². The molecule has 3 rings (SSSR count). The lowest BCUT2D eigenvalue weighted by Crippen LogP contribution is -2.41. The van der Waals surface area contributed by atoms with E-state index in [1.54, 1.807) is 22.0 Å². The van der Waals surface area contributed by atoms with Crippen LogP contribution in [0, 0.1) is 5.92 Å². The summed E-state index contributed by atoms with van der Waals surface area (Å²) in [6, 6.07) is -0.512. The van der Waals surface area contributed by atoms with Crippen LogP contribution in [0.25, 0.3) is 10.2 Å². The zero-order chi connectivity index (χ0) is 21.0. The fourth-order valence-electron chi connectivity index (χ4n) is 3.25. The number of hydrogen-bond acceptors (Lipinski definition) is 6. The summed E-state index contributed by atoms with van der Waals surface area (Å²) >= 11 is 2.74. The summed E-state index contributed by atoms with van der Waals surface area (Å²) in [5.41, 5.74) is 1.06. The molecule has 2 heterocycles. The molecule has 1 aliphatic carbocycles. The molecule has 0 aliphatic heterocycles. The molecule has 0 unspecified atom stereocenters. The molecule has 1 aliphatic rings. The monoisotopic (exact) mass is 434 g/mol. The predicted molar refractivity (Wildman–Crippen MR) is 118 cm³/mol. The quantitative estimate of drug-likeness (QED) is 0.397. The van der Waals surface area contributed by atoms with E-state index in [1.807, 2.05) is 13.8 Å². The molecule has 0 bridgehead atoms. The average molecular weight is 435 g/mol. The van der Waals surface area contributed by atoms with Crippen LogP contribution in [0.4, 0.5) is 4.79 Å². The van der Waals surface area contributed by atoms with Gasteiger partial charge in [0.25, 0.3) is 5.56 Å². The first-order chi connectivity index (χ1) is 13.9. The fraction of sp³-hybridized carbons (Fsp3) is 0.500. The van der Waals surface area contributed by atoms with E-state index < -0.39 is 11.9 Å². The highest BCUT2D eigenvalue weighted by molar-refractivity contribution is 7.99. The number of amides is 3. The molecule has 156 valence electrons. The summed E-state index contributed by atoms with van der Waals surface area (Å²) in [6.45, 7) is 8.50. The van der Waals surface area contributed by atoms with Gasteiger partial charge in [0.2, 0.25) is 5.91 Å². The third-order valence-electron chi connectivity index (χ3n) is 4.61. The normalized spacial score (nSPS) is 13.3. The van der Waals surface area contributed by atoms with Crippen molar-refractivity contribution in [1.29, 1.82) is 0 Å². The SMILES string of the molecule is C=CCn1c(SCC(=O)NC(=O)NCC(C)C)nc2sc3c(c2c1=O)CCCC3. The third-order valence-corrected chi connectivity index (χ3v) is 6.77. The van der Waals surface area contributed by atoms with Gasteiger partial charge in [0.15, 0.2) is 5.16 Å². The standard InChI is InChI=1S/C20H26N4O3S2/c1-4-9-24-18(26)16-13-7-5-6-8-14(13)29-17(16)23-20(24)28-11-15(25)22-19(27)21-10-12(2)3/h4,12H,1,5-11H2,2-3H3,(H2,21,22,25,27). The maximum atomic E-state index is 13.1. The average Bonchev–Trinajstić information content (AvgIpc) is 3.05. The molecule has 0 atom stereocenters. The number of carbonyl (C=O) groups excluding carboxylic acids is 2. The number of allylic oxidation sites excluding steroid dienone is 1. The van der Waals surface area contributed by atoms with E-state index in [9.17, 15) is 14.4 Å². The van der Waals surface area contributed by atoms with Gasteiger partial charge in [-0.2, -0.15) is 0 Å². The Labute approximate surface area is 178 Å². The van der Waals surface area contributed by atoms with Crippen molar-refractivity contribution in [3.8, 4) is 0 Å². The second-order valence-corrected chi connectivity index (χ2v) is 9.46. The Kier molecular flexibility index (Phi) is 7.13. The largest absolute Gasteiger partial charge is 0.338 e. The lowest BCUT2D eigenvalue weighted by Gasteiger charge is -2.12. The molecule has 0 aromatic carbocycles. The Bertz CT molecular complexity index is 994. The van der Waals surface area contributed by atoms with Gasteiger partial charge in [-0.25, -0.2) is 9.78 Å². The van der Waals surface area contributed by atoms with Crippen molar-refractivity contribution in [3.63, 3.8) is 0 Å². The number of hydrogen-bond donors (Lipinski definition) is 2. The molecule has 2 aromatic rings. The van der Waals surface area contributed by atoms with Crippen molar-refractivity contribution < 1.29 is 9.59 Å². The minimum atomic E-state index is -0.512. The number of carbonyl (C=O) groups is 2. The molecule has 0 fully saturated rings. The summed E-state index contributed by atoms with van der Waals surface area (Å²) in [5.74, 6) is -0.137. The summed E-state index contributed by atoms with van der Waals surface area (Å²) in [6.07, 6.45) is 5.79. The molecule has 0 saturated heterocycles. The van der Waals surface area contributed by atoms with Crippen molar-refractivity contribution in [2.75, 3.05) is 12.3 Å². The number of fused-ring (bicyclic) bond motifs is 3. The zero-order valence-corrected chi connectivity index (χ0v) is 18.4. The smallest absolute Gasteiger partial charge is 0.321 e. The molecule has 0 radical (unpaired) electrons. The van der Waals surface area contributed by atoms with Crippen LogP contribution in [0.3, 0.4) is 0 Å². The molecule has 0 saturated carbocycles. The predicted octanol–water partition coefficient (Wildman–Crippen LogP) is 3.10. The summed E-state index contributed by atoms with van der Waals surface area (Å²) in [7, 11) is 0. The van der Waals surface area contributed by atoms with E-state index in [1.165, 1.54) is 4.88 Å². The Morgan fingerprint density at radius 1 is 1.34 bits per heavy atom. The van der Waals surface area contributed by atoms with Gasteiger partial charge in [-0.05, 0) is 37.2 Å². The maximum Gasteiger partial charge on any atom is 0.321 e. The summed E-state index contributed by atoms with van der Waals surface area (Å²) < 4.78 is 1.56. The first kappa shape index (κ1) is 21.6. The minimum absolute atomic E-state index is 0.00468. The second kappa shape index (κ2) is 9.58. The molecule has 2 aromatic heterocycles. The summed E-state index contributed by atoms with van der Waals surface area (Å²) in [4.78, 5) is 43.7. The van der Waals surface area contributed by atoms with Gasteiger partial charge in [-0.3, -0.25) is 19.5 Å². The molecular formula is C20H26N4O3S2. The molecule has 3 amide bonds. The van der Waals surface area contributed by atoms with Gasteiger partial charge in [0.1, 0.15) is 4.83 Å². The van der Waals surface area contributed by atoms with Gasteiger partial charge in [0, 0.05) is 18.0 Å². The number of nitrogens with zero attached hydrogens (tertiary/aromatic N) is 2. The van der Waals surface area contributed by atoms with Crippen molar-refractivity contribution in [3.05, 3.63) is 33.4 Å². The van der Waals surface area contributed by atoms with E-state index in [4.69, 9.17) is 0 Å². The van der Waals surface area contributed by atoms with Crippen molar-refractivity contribution in [2.45, 2.75) is 51.2 Å². The number of aryl methyl sites for hydroxylation is 2. The van der Waals surface area contributed by atoms with Crippen LogP contribution in [-0.2, 0) is 24.2 Å². The van der Waals surface area contributed by atoms with Gasteiger partial charge in [0.05, 0.1) is 11.1 Å². The zero-order valence-electron chi connectivity index (χ0n) is 16.7. The van der Waals surface area contributed by atoms with E-state index in [0.29, 0.717) is 29.6 Å². The van der Waals surface area contributed by atoms with Crippen LogP contribution in [-0.4, -0.2) is 33.8 Å². The topological polar surface area (TPSA) is 93.1 Å². The van der Waals surface area contributed by atoms with Crippen LogP contribution in [0.2, 0.25) is 0 Å². The Morgan fingerprint density at radius 3 is 2.83 bits per heavy atom. The number of nitrogens with one attached hydrogen (secondary N) is 2. The van der Waals surface area contributed by atoms with Crippen LogP contribution in [0.5, 0.6) is 0 Å². The Hall–Kier alpha value is -2.13. The second-order valence-electron chi connectivity index (χ2n) is 7.43. The lowest BCUT2D eigenvalue weighted by atomic mass is 9.97. The van der Waals surface area contributed by atoms with Gasteiger partial charge < -0.3 is 5.32 Å². The number of urea groups is 1. The van der Waals surface area contributed by atoms with E-state index in [-0.39, 0.29) is 11.3 Å². The first-order valence-electron chi connectivity index (χ1n) is 9.77. The first-order valence-corrected chi connectivity index (χ1v) is 11.6. The number of aromatic nitrogens is 2. The molecule has 9 heteroatoms. The maximum absolute atomic E-state index is 13.1. The molecule has 0 spiro atoms. The number of thiophene rings is 1. The summed E-state index contributed by atoms with van der Waals surface area (Å²) in [5, 5.41) is 6.13. The number of rotatable bonds is 7. The van der Waals surface area contributed by atoms with Crippen LogP contribution in [0.15, 0.2) is 22.6 Å². The van der Waals surface area contributed by atoms with Crippen LogP contribution >= 0.6 is 23.1 Å². The molecule has 29 heavy (non-hydrogen) atoms. The highest BCUT2D eigenvalue weighted by atomic mass is 32.2. The highest BCUT2D eigenvalue weighted by Crippen LogP contribution is 2.34. The van der Waals surface area contributed by atoms with Crippen LogP contribution in [0.1, 0.15) is 37.1 Å². The lowest BCUT2D eigenvalue weighted by molar-refractivity contribution is -0.117. The Morgan fingerprint density at radius 2 is 2.10 bits per heavy atom. The van der Waals surface area contributed by atoms with E-state index >= 15 is 0 Å². The minimum Gasteiger partial charge on any atom is -0.338 e. The van der Waals surface area contributed by atoms with Gasteiger partial charge >= 0.3 is 6.03 Å². The van der Waals surface area contributed by atoms with Gasteiger partial charge in [-0.15, -0.1) is 17.9 Å².